The van der Waals surface area contributed by atoms with Gasteiger partial charge in [0.2, 0.25) is 0 Å². The van der Waals surface area contributed by atoms with Gasteiger partial charge in [-0.15, -0.1) is 0 Å². The standard InChI is InChI=1S/C25H20.C3H8/c1-25(2)22-15-6-5-12-21(22)24-20(14-8-16-23(24)25)19-13-7-10-17-9-3-4-11-18(17)19;1-3-2/h3-16H,1-2H3;3H2,1-2H3. The van der Waals surface area contributed by atoms with Crippen LogP contribution in [0.15, 0.2) is 84.9 Å². The van der Waals surface area contributed by atoms with Crippen molar-refractivity contribution in [3.63, 3.8) is 0 Å². The van der Waals surface area contributed by atoms with Crippen LogP contribution in [0.4, 0.5) is 0 Å². The molecule has 0 amide bonds. The molecule has 1 aliphatic carbocycles. The second-order valence-electron chi connectivity index (χ2n) is 8.13. The Balaban J connectivity index is 0.000000604. The average Bonchev–Trinajstić information content (AvgIpc) is 2.96. The lowest BCUT2D eigenvalue weighted by Gasteiger charge is -2.21. The van der Waals surface area contributed by atoms with Gasteiger partial charge in [0.25, 0.3) is 0 Å². The molecule has 4 aromatic carbocycles. The summed E-state index contributed by atoms with van der Waals surface area (Å²) in [6, 6.07) is 30.9. The molecule has 0 saturated carbocycles. The van der Waals surface area contributed by atoms with Gasteiger partial charge in [-0.05, 0) is 44.2 Å². The maximum absolute atomic E-state index is 2.34. The third-order valence-corrected chi connectivity index (χ3v) is 5.69. The van der Waals surface area contributed by atoms with Gasteiger partial charge in [-0.25, -0.2) is 0 Å². The zero-order valence-corrected chi connectivity index (χ0v) is 17.3. The van der Waals surface area contributed by atoms with Crippen LogP contribution in [0.3, 0.4) is 0 Å². The molecule has 5 rings (SSSR count). The van der Waals surface area contributed by atoms with Crippen LogP contribution in [0.25, 0.3) is 33.0 Å². The monoisotopic (exact) mass is 364 g/mol. The van der Waals surface area contributed by atoms with Gasteiger partial charge in [0.15, 0.2) is 0 Å². The van der Waals surface area contributed by atoms with Gasteiger partial charge in [0, 0.05) is 5.41 Å². The van der Waals surface area contributed by atoms with Crippen LogP contribution in [0.1, 0.15) is 45.2 Å². The number of benzene rings is 4. The van der Waals surface area contributed by atoms with Crippen LogP contribution in [0, 0.1) is 0 Å². The Morgan fingerprint density at radius 1 is 0.571 bits per heavy atom. The molecule has 0 heterocycles. The lowest BCUT2D eigenvalue weighted by Crippen LogP contribution is -2.14. The SMILES string of the molecule is CC1(C)c2ccccc2-c2c(-c3cccc4ccccc34)cccc21.CCC. The highest BCUT2D eigenvalue weighted by atomic mass is 14.4. The van der Waals surface area contributed by atoms with Crippen LogP contribution < -0.4 is 0 Å². The second kappa shape index (κ2) is 7.28. The number of fused-ring (bicyclic) bond motifs is 4. The van der Waals surface area contributed by atoms with Crippen molar-refractivity contribution in [3.8, 4) is 22.3 Å². The van der Waals surface area contributed by atoms with Gasteiger partial charge in [-0.1, -0.05) is 119 Å². The molecular formula is C28H28. The largest absolute Gasteiger partial charge is 0.0656 e. The molecule has 0 aliphatic heterocycles. The summed E-state index contributed by atoms with van der Waals surface area (Å²) in [6.07, 6.45) is 1.25. The number of rotatable bonds is 1. The third kappa shape index (κ3) is 2.85. The Hall–Kier alpha value is -2.86. The highest BCUT2D eigenvalue weighted by Crippen LogP contribution is 2.52. The van der Waals surface area contributed by atoms with Gasteiger partial charge in [-0.3, -0.25) is 0 Å². The predicted molar refractivity (Wildman–Crippen MR) is 123 cm³/mol. The highest BCUT2D eigenvalue weighted by Gasteiger charge is 2.36. The molecule has 0 saturated heterocycles. The van der Waals surface area contributed by atoms with E-state index in [-0.39, 0.29) is 5.41 Å². The smallest absolute Gasteiger partial charge is 0.0159 e. The maximum Gasteiger partial charge on any atom is 0.0159 e. The van der Waals surface area contributed by atoms with E-state index < -0.39 is 0 Å². The van der Waals surface area contributed by atoms with Crippen molar-refractivity contribution in [1.82, 2.24) is 0 Å². The number of hydrogen-bond acceptors (Lipinski definition) is 0. The topological polar surface area (TPSA) is 0 Å². The average molecular weight is 365 g/mol. The molecule has 0 heteroatoms. The van der Waals surface area contributed by atoms with Gasteiger partial charge in [0.1, 0.15) is 0 Å². The lowest BCUT2D eigenvalue weighted by atomic mass is 9.82. The summed E-state index contributed by atoms with van der Waals surface area (Å²) >= 11 is 0. The number of hydrogen-bond donors (Lipinski definition) is 0. The minimum absolute atomic E-state index is 0.0481. The fourth-order valence-electron chi connectivity index (χ4n) is 4.44. The maximum atomic E-state index is 2.34. The molecule has 0 radical (unpaired) electrons. The Morgan fingerprint density at radius 3 is 1.93 bits per heavy atom. The third-order valence-electron chi connectivity index (χ3n) is 5.69. The predicted octanol–water partition coefficient (Wildman–Crippen LogP) is 8.23. The summed E-state index contributed by atoms with van der Waals surface area (Å²) in [5, 5.41) is 2.61. The Labute approximate surface area is 168 Å². The Bertz CT molecular complexity index is 1130. The van der Waals surface area contributed by atoms with E-state index in [2.05, 4.69) is 113 Å². The molecule has 1 aliphatic rings. The van der Waals surface area contributed by atoms with Crippen molar-refractivity contribution >= 4 is 10.8 Å². The zero-order chi connectivity index (χ0) is 19.7. The van der Waals surface area contributed by atoms with Gasteiger partial charge < -0.3 is 0 Å². The summed E-state index contributed by atoms with van der Waals surface area (Å²) in [6.45, 7) is 8.93. The van der Waals surface area contributed by atoms with Gasteiger partial charge >= 0.3 is 0 Å². The van der Waals surface area contributed by atoms with Gasteiger partial charge in [0.05, 0.1) is 0 Å². The van der Waals surface area contributed by atoms with E-state index in [1.54, 1.807) is 0 Å². The summed E-state index contributed by atoms with van der Waals surface area (Å²) in [5.74, 6) is 0. The molecular weight excluding hydrogens is 336 g/mol. The summed E-state index contributed by atoms with van der Waals surface area (Å²) in [4.78, 5) is 0. The summed E-state index contributed by atoms with van der Waals surface area (Å²) in [7, 11) is 0. The molecule has 0 unspecified atom stereocenters. The highest BCUT2D eigenvalue weighted by molar-refractivity contribution is 6.02. The van der Waals surface area contributed by atoms with Crippen LogP contribution in [-0.4, -0.2) is 0 Å². The Morgan fingerprint density at radius 2 is 1.11 bits per heavy atom. The van der Waals surface area contributed by atoms with Crippen LogP contribution in [0.5, 0.6) is 0 Å². The lowest BCUT2D eigenvalue weighted by molar-refractivity contribution is 0.660. The van der Waals surface area contributed by atoms with E-state index in [1.165, 1.54) is 50.6 Å². The van der Waals surface area contributed by atoms with Crippen molar-refractivity contribution in [2.75, 3.05) is 0 Å². The second-order valence-corrected chi connectivity index (χ2v) is 8.13. The molecule has 0 aromatic heterocycles. The zero-order valence-electron chi connectivity index (χ0n) is 17.3. The van der Waals surface area contributed by atoms with Crippen molar-refractivity contribution in [2.24, 2.45) is 0 Å². The quantitative estimate of drug-likeness (QED) is 0.319. The van der Waals surface area contributed by atoms with Crippen molar-refractivity contribution in [1.29, 1.82) is 0 Å². The molecule has 0 fully saturated rings. The molecule has 140 valence electrons. The van der Waals surface area contributed by atoms with Crippen LogP contribution in [-0.2, 0) is 5.41 Å². The van der Waals surface area contributed by atoms with E-state index in [0.29, 0.717) is 0 Å². The van der Waals surface area contributed by atoms with Crippen molar-refractivity contribution in [3.05, 3.63) is 96.1 Å². The normalized spacial score (nSPS) is 13.4. The molecule has 0 spiro atoms. The molecule has 0 bridgehead atoms. The first-order chi connectivity index (χ1) is 13.6. The fourth-order valence-corrected chi connectivity index (χ4v) is 4.44. The van der Waals surface area contributed by atoms with Crippen molar-refractivity contribution in [2.45, 2.75) is 39.5 Å². The van der Waals surface area contributed by atoms with Crippen molar-refractivity contribution < 1.29 is 0 Å². The van der Waals surface area contributed by atoms with E-state index in [4.69, 9.17) is 0 Å². The molecule has 0 nitrogen and oxygen atoms in total. The van der Waals surface area contributed by atoms with Crippen LogP contribution in [0.2, 0.25) is 0 Å². The van der Waals surface area contributed by atoms with E-state index in [9.17, 15) is 0 Å². The molecule has 0 atom stereocenters. The first-order valence-electron chi connectivity index (χ1n) is 10.3. The van der Waals surface area contributed by atoms with Gasteiger partial charge in [-0.2, -0.15) is 0 Å². The minimum Gasteiger partial charge on any atom is -0.0656 e. The minimum atomic E-state index is 0.0481. The van der Waals surface area contributed by atoms with E-state index in [1.807, 2.05) is 0 Å². The van der Waals surface area contributed by atoms with E-state index >= 15 is 0 Å². The molecule has 28 heavy (non-hydrogen) atoms. The summed E-state index contributed by atoms with van der Waals surface area (Å²) in [5.41, 5.74) is 8.35. The fraction of sp³-hybridized carbons (Fsp3) is 0.214. The molecule has 0 N–H and O–H groups in total. The first kappa shape index (κ1) is 18.5. The molecule has 4 aromatic rings. The Kier molecular flexibility index (Phi) is 4.81. The van der Waals surface area contributed by atoms with Crippen LogP contribution >= 0.6 is 0 Å². The summed E-state index contributed by atoms with van der Waals surface area (Å²) < 4.78 is 0. The first-order valence-corrected chi connectivity index (χ1v) is 10.3. The van der Waals surface area contributed by atoms with E-state index in [0.717, 1.165) is 0 Å².